The predicted octanol–water partition coefficient (Wildman–Crippen LogP) is 4.19. The van der Waals surface area contributed by atoms with Gasteiger partial charge in [-0.3, -0.25) is 4.79 Å². The molecule has 1 N–H and O–H groups in total. The van der Waals surface area contributed by atoms with Gasteiger partial charge in [-0.1, -0.05) is 11.6 Å². The van der Waals surface area contributed by atoms with Crippen molar-refractivity contribution in [2.45, 2.75) is 6.54 Å². The summed E-state index contributed by atoms with van der Waals surface area (Å²) in [5.41, 5.74) is 0.647. The minimum atomic E-state index is -0.691. The van der Waals surface area contributed by atoms with Crippen LogP contribution in [0.4, 0.5) is 4.39 Å². The fourth-order valence-electron chi connectivity index (χ4n) is 2.02. The van der Waals surface area contributed by atoms with Crippen LogP contribution in [0.25, 0.3) is 0 Å². The molecule has 0 radical (unpaired) electrons. The predicted molar refractivity (Wildman–Crippen MR) is 89.8 cm³/mol. The first-order chi connectivity index (χ1) is 11.0. The second kappa shape index (κ2) is 7.66. The molecular weight excluding hydrogens is 389 g/mol. The molecule has 0 saturated heterocycles. The van der Waals surface area contributed by atoms with Crippen LogP contribution in [0, 0.1) is 5.82 Å². The first kappa shape index (κ1) is 17.6. The third-order valence-corrected chi connectivity index (χ3v) is 4.01. The highest BCUT2D eigenvalue weighted by atomic mass is 79.9. The summed E-state index contributed by atoms with van der Waals surface area (Å²) in [6, 6.07) is 7.79. The molecule has 0 aliphatic carbocycles. The summed E-state index contributed by atoms with van der Waals surface area (Å²) in [4.78, 5) is 12.2. The summed E-state index contributed by atoms with van der Waals surface area (Å²) >= 11 is 8.88. The van der Waals surface area contributed by atoms with Crippen LogP contribution in [-0.4, -0.2) is 20.1 Å². The third kappa shape index (κ3) is 4.14. The van der Waals surface area contributed by atoms with Crippen molar-refractivity contribution in [2.24, 2.45) is 0 Å². The van der Waals surface area contributed by atoms with E-state index in [1.807, 2.05) is 0 Å². The van der Waals surface area contributed by atoms with Crippen molar-refractivity contribution in [1.82, 2.24) is 5.32 Å². The van der Waals surface area contributed by atoms with Crippen molar-refractivity contribution >= 4 is 33.4 Å². The summed E-state index contributed by atoms with van der Waals surface area (Å²) in [5, 5.41) is 2.87. The van der Waals surface area contributed by atoms with E-state index in [-0.39, 0.29) is 17.1 Å². The van der Waals surface area contributed by atoms with E-state index in [1.165, 1.54) is 13.2 Å². The number of halogens is 3. The zero-order valence-corrected chi connectivity index (χ0v) is 14.8. The maximum Gasteiger partial charge on any atom is 0.255 e. The van der Waals surface area contributed by atoms with Gasteiger partial charge in [-0.05, 0) is 40.2 Å². The standard InChI is InChI=1S/C16H14BrClFNO3/c1-22-11-4-3-9(14(7-11)23-2)8-20-16(21)15-12(17)5-10(18)6-13(15)19/h3-7H,8H2,1-2H3,(H,20,21). The topological polar surface area (TPSA) is 47.6 Å². The molecule has 2 aromatic carbocycles. The highest BCUT2D eigenvalue weighted by molar-refractivity contribution is 9.10. The van der Waals surface area contributed by atoms with E-state index in [0.29, 0.717) is 16.0 Å². The number of carbonyl (C=O) groups is 1. The largest absolute Gasteiger partial charge is 0.497 e. The van der Waals surface area contributed by atoms with Gasteiger partial charge >= 0.3 is 0 Å². The van der Waals surface area contributed by atoms with E-state index in [1.54, 1.807) is 25.3 Å². The molecule has 0 aliphatic heterocycles. The molecule has 0 atom stereocenters. The van der Waals surface area contributed by atoms with Crippen LogP contribution >= 0.6 is 27.5 Å². The molecule has 0 aliphatic rings. The number of methoxy groups -OCH3 is 2. The van der Waals surface area contributed by atoms with E-state index >= 15 is 0 Å². The van der Waals surface area contributed by atoms with Crippen molar-refractivity contribution < 1.29 is 18.7 Å². The Hall–Kier alpha value is -1.79. The smallest absolute Gasteiger partial charge is 0.255 e. The van der Waals surface area contributed by atoms with Crippen molar-refractivity contribution in [1.29, 1.82) is 0 Å². The lowest BCUT2D eigenvalue weighted by atomic mass is 10.1. The lowest BCUT2D eigenvalue weighted by Crippen LogP contribution is -2.24. The van der Waals surface area contributed by atoms with Gasteiger partial charge in [0.15, 0.2) is 0 Å². The van der Waals surface area contributed by atoms with Crippen LogP contribution in [0.5, 0.6) is 11.5 Å². The molecule has 0 heterocycles. The average Bonchev–Trinajstić information content (AvgIpc) is 2.51. The summed E-state index contributed by atoms with van der Waals surface area (Å²) in [6.07, 6.45) is 0. The molecule has 23 heavy (non-hydrogen) atoms. The number of carbonyl (C=O) groups excluding carboxylic acids is 1. The number of amides is 1. The summed E-state index contributed by atoms with van der Waals surface area (Å²) in [6.45, 7) is 0.181. The number of benzene rings is 2. The van der Waals surface area contributed by atoms with Gasteiger partial charge in [-0.15, -0.1) is 0 Å². The second-order valence-electron chi connectivity index (χ2n) is 4.60. The van der Waals surface area contributed by atoms with Crippen molar-refractivity contribution in [3.8, 4) is 11.5 Å². The average molecular weight is 403 g/mol. The molecule has 0 aromatic heterocycles. The lowest BCUT2D eigenvalue weighted by Gasteiger charge is -2.12. The van der Waals surface area contributed by atoms with Crippen molar-refractivity contribution in [2.75, 3.05) is 14.2 Å². The quantitative estimate of drug-likeness (QED) is 0.816. The zero-order chi connectivity index (χ0) is 17.0. The van der Waals surface area contributed by atoms with E-state index in [0.717, 1.165) is 11.6 Å². The van der Waals surface area contributed by atoms with Crippen LogP contribution in [0.1, 0.15) is 15.9 Å². The first-order valence-corrected chi connectivity index (χ1v) is 7.77. The van der Waals surface area contributed by atoms with Crippen LogP contribution in [0.2, 0.25) is 5.02 Å². The fourth-order valence-corrected chi connectivity index (χ4v) is 2.97. The SMILES string of the molecule is COc1ccc(CNC(=O)c2c(F)cc(Cl)cc2Br)c(OC)c1. The maximum absolute atomic E-state index is 13.9. The molecule has 0 bridgehead atoms. The normalized spacial score (nSPS) is 10.3. The van der Waals surface area contributed by atoms with Crippen LogP contribution in [0.3, 0.4) is 0 Å². The van der Waals surface area contributed by atoms with E-state index in [2.05, 4.69) is 21.2 Å². The molecule has 0 spiro atoms. The summed E-state index contributed by atoms with van der Waals surface area (Å²) in [5.74, 6) is -0.0313. The molecule has 0 fully saturated rings. The molecule has 7 heteroatoms. The van der Waals surface area contributed by atoms with Gasteiger partial charge in [0.25, 0.3) is 5.91 Å². The minimum absolute atomic E-state index is 0.0955. The van der Waals surface area contributed by atoms with Crippen molar-refractivity contribution in [3.63, 3.8) is 0 Å². The van der Waals surface area contributed by atoms with Gasteiger partial charge in [-0.25, -0.2) is 4.39 Å². The summed E-state index contributed by atoms with van der Waals surface area (Å²) in [7, 11) is 3.08. The monoisotopic (exact) mass is 401 g/mol. The first-order valence-electron chi connectivity index (χ1n) is 6.60. The van der Waals surface area contributed by atoms with Crippen LogP contribution in [-0.2, 0) is 6.54 Å². The molecule has 1 amide bonds. The Labute approximate surface area is 146 Å². The van der Waals surface area contributed by atoms with E-state index in [4.69, 9.17) is 21.1 Å². The van der Waals surface area contributed by atoms with E-state index < -0.39 is 11.7 Å². The highest BCUT2D eigenvalue weighted by Gasteiger charge is 2.17. The van der Waals surface area contributed by atoms with Gasteiger partial charge in [0.05, 0.1) is 19.8 Å². The Bertz CT molecular complexity index is 716. The maximum atomic E-state index is 13.9. The molecule has 4 nitrogen and oxygen atoms in total. The van der Waals surface area contributed by atoms with Gasteiger partial charge in [0, 0.05) is 27.7 Å². The molecule has 2 aromatic rings. The molecule has 0 saturated carbocycles. The Morgan fingerprint density at radius 3 is 2.61 bits per heavy atom. The second-order valence-corrected chi connectivity index (χ2v) is 5.90. The Morgan fingerprint density at radius 2 is 2.00 bits per heavy atom. The number of ether oxygens (including phenoxy) is 2. The van der Waals surface area contributed by atoms with Crippen LogP contribution < -0.4 is 14.8 Å². The van der Waals surface area contributed by atoms with Gasteiger partial charge in [-0.2, -0.15) is 0 Å². The number of rotatable bonds is 5. The van der Waals surface area contributed by atoms with Crippen molar-refractivity contribution in [3.05, 3.63) is 56.8 Å². The van der Waals surface area contributed by atoms with Gasteiger partial charge in [0.1, 0.15) is 17.3 Å². The minimum Gasteiger partial charge on any atom is -0.497 e. The zero-order valence-electron chi connectivity index (χ0n) is 12.5. The van der Waals surface area contributed by atoms with Gasteiger partial charge in [0.2, 0.25) is 0 Å². The summed E-state index contributed by atoms with van der Waals surface area (Å²) < 4.78 is 24.6. The third-order valence-electron chi connectivity index (χ3n) is 3.17. The lowest BCUT2D eigenvalue weighted by molar-refractivity contribution is 0.0946. The van der Waals surface area contributed by atoms with Crippen LogP contribution in [0.15, 0.2) is 34.8 Å². The Balaban J connectivity index is 2.17. The Morgan fingerprint density at radius 1 is 1.26 bits per heavy atom. The number of nitrogens with one attached hydrogen (secondary N) is 1. The molecule has 0 unspecified atom stereocenters. The number of hydrogen-bond acceptors (Lipinski definition) is 3. The highest BCUT2D eigenvalue weighted by Crippen LogP contribution is 2.26. The number of hydrogen-bond donors (Lipinski definition) is 1. The fraction of sp³-hybridized carbons (Fsp3) is 0.188. The Kier molecular flexibility index (Phi) is 5.85. The van der Waals surface area contributed by atoms with Gasteiger partial charge < -0.3 is 14.8 Å². The molecule has 122 valence electrons. The molecular formula is C16H14BrClFNO3. The van der Waals surface area contributed by atoms with E-state index in [9.17, 15) is 9.18 Å². The molecule has 2 rings (SSSR count).